The molecule has 4 aromatic rings. The minimum atomic E-state index is -0.983. The normalized spacial score (nSPS) is 23.9. The summed E-state index contributed by atoms with van der Waals surface area (Å²) in [5.74, 6) is -4.50. The van der Waals surface area contributed by atoms with Gasteiger partial charge in [0.15, 0.2) is 0 Å². The Bertz CT molecular complexity index is 2990. The van der Waals surface area contributed by atoms with Crippen LogP contribution < -0.4 is 31.9 Å². The first-order chi connectivity index (χ1) is 41.5. The van der Waals surface area contributed by atoms with Crippen molar-refractivity contribution in [1.29, 1.82) is 0 Å². The zero-order valence-electron chi connectivity index (χ0n) is 50.3. The summed E-state index contributed by atoms with van der Waals surface area (Å²) in [6, 6.07) is 14.1. The van der Waals surface area contributed by atoms with Crippen molar-refractivity contribution in [2.45, 2.75) is 198 Å². The lowest BCUT2D eigenvalue weighted by atomic mass is 9.76. The molecule has 4 aromatic carbocycles. The SMILES string of the molecule is CC[C@@H](C)C(=O)N[C@H](C(=O)N1C[C@@H](NC(=O)c2ccc3cc(C(=O)N[C@H]4C[C@@H](C(=O)N[C@@H]5CCCc6ccc(F)cc65)N(C(=O)[C@@H](CC(=O)[C@H](C)NC)C5CCCCC5)C4)ccc3c2)C[C@H]1C(=O)N[C@@H]1CCCc2ccc(F)cc21)C1CCCCC1. The second-order valence-corrected chi connectivity index (χ2v) is 25.6. The third kappa shape index (κ3) is 14.2. The summed E-state index contributed by atoms with van der Waals surface area (Å²) in [5, 5.41) is 20.0. The van der Waals surface area contributed by atoms with Crippen molar-refractivity contribution < 1.29 is 47.1 Å². The standard InChI is InChI=1S/C68H86F2N8O8/c1-5-39(2)62(80)76-61(44-16-10-7-11-17-44)68(86)78-38-52(35-59(78)66(84)75-57-21-13-19-43-27-29-50(70)33-54(43)57)73-64(82)48-25-23-45-30-47(24-22-46(45)31-48)63(81)72-51-34-58(65(83)74-56-20-12-18-42-26-28-49(69)32-53(42)56)77(37-51)67(85)55(36-60(79)40(3)71-4)41-14-8-6-9-15-41/h22-33,39-41,44,51-52,55-59,61,71H,5-21,34-38H2,1-4H3,(H,72,81)(H,73,82)(H,74,83)(H,75,84)(H,76,80)/t39-,40+,51+,52+,55+,56-,57-,58+,59+,61+/m1/s1. The topological polar surface area (TPSA) is 215 Å². The Morgan fingerprint density at radius 3 is 1.51 bits per heavy atom. The molecule has 2 aliphatic heterocycles. The number of hydrogen-bond acceptors (Lipinski definition) is 9. The number of fused-ring (bicyclic) bond motifs is 3. The number of likely N-dealkylation sites (N-methyl/N-ethyl adjacent to an activating group) is 1. The molecule has 0 aromatic heterocycles. The molecular weight excluding hydrogens is 1090 g/mol. The van der Waals surface area contributed by atoms with Crippen LogP contribution in [0.25, 0.3) is 10.8 Å². The number of benzene rings is 4. The van der Waals surface area contributed by atoms with Crippen LogP contribution in [0.5, 0.6) is 0 Å². The van der Waals surface area contributed by atoms with Gasteiger partial charge in [0.2, 0.25) is 29.5 Å². The Kier molecular flexibility index (Phi) is 20.0. The quantitative estimate of drug-likeness (QED) is 0.0529. The number of aryl methyl sites for hydroxylation is 2. The fourth-order valence-electron chi connectivity index (χ4n) is 14.6. The molecule has 6 N–H and O–H groups in total. The van der Waals surface area contributed by atoms with Crippen LogP contribution in [0.2, 0.25) is 0 Å². The van der Waals surface area contributed by atoms with Gasteiger partial charge in [-0.15, -0.1) is 0 Å². The van der Waals surface area contributed by atoms with Gasteiger partial charge in [-0.05, 0) is 191 Å². The van der Waals surface area contributed by atoms with Crippen molar-refractivity contribution in [2.24, 2.45) is 23.7 Å². The fraction of sp³-hybridized carbons (Fsp3) is 0.559. The first kappa shape index (κ1) is 62.0. The van der Waals surface area contributed by atoms with Gasteiger partial charge in [-0.2, -0.15) is 0 Å². The van der Waals surface area contributed by atoms with Crippen molar-refractivity contribution in [1.82, 2.24) is 41.7 Å². The maximum atomic E-state index is 15.0. The van der Waals surface area contributed by atoms with Gasteiger partial charge in [-0.25, -0.2) is 8.78 Å². The number of nitrogens with zero attached hydrogens (tertiary/aromatic N) is 2. The molecule has 6 aliphatic rings. The van der Waals surface area contributed by atoms with E-state index < -0.39 is 89.5 Å². The number of carbonyl (C=O) groups is 8. The maximum Gasteiger partial charge on any atom is 0.251 e. The lowest BCUT2D eigenvalue weighted by Crippen LogP contribution is -2.57. The Hall–Kier alpha value is -7.08. The van der Waals surface area contributed by atoms with E-state index in [4.69, 9.17) is 0 Å². The Morgan fingerprint density at radius 2 is 1.03 bits per heavy atom. The highest BCUT2D eigenvalue weighted by Gasteiger charge is 2.47. The van der Waals surface area contributed by atoms with Crippen LogP contribution in [-0.4, -0.2) is 113 Å². The molecule has 2 heterocycles. The van der Waals surface area contributed by atoms with Crippen molar-refractivity contribution in [3.8, 4) is 0 Å². The van der Waals surface area contributed by atoms with E-state index in [1.54, 1.807) is 67.4 Å². The number of Topliss-reactive ketones (excluding diaryl/α,β-unsaturated/α-hetero) is 1. The molecule has 16 nitrogen and oxygen atoms in total. The van der Waals surface area contributed by atoms with E-state index in [1.165, 1.54) is 29.2 Å². The van der Waals surface area contributed by atoms with E-state index >= 15 is 4.79 Å². The highest BCUT2D eigenvalue weighted by Crippen LogP contribution is 2.38. The van der Waals surface area contributed by atoms with E-state index in [0.717, 1.165) is 107 Å². The molecule has 0 spiro atoms. The smallest absolute Gasteiger partial charge is 0.251 e. The largest absolute Gasteiger partial charge is 0.347 e. The maximum absolute atomic E-state index is 15.0. The number of likely N-dealkylation sites (tertiary alicyclic amines) is 2. The molecule has 0 radical (unpaired) electrons. The van der Waals surface area contributed by atoms with Crippen LogP contribution >= 0.6 is 0 Å². The number of nitrogens with one attached hydrogen (secondary N) is 6. The molecule has 7 amide bonds. The predicted molar refractivity (Wildman–Crippen MR) is 323 cm³/mol. The van der Waals surface area contributed by atoms with Crippen LogP contribution in [0, 0.1) is 35.3 Å². The van der Waals surface area contributed by atoms with E-state index in [2.05, 4.69) is 31.9 Å². The zero-order chi connectivity index (χ0) is 60.8. The average molecular weight is 1180 g/mol. The molecule has 4 fully saturated rings. The van der Waals surface area contributed by atoms with Gasteiger partial charge in [0.1, 0.15) is 35.5 Å². The summed E-state index contributed by atoms with van der Waals surface area (Å²) in [6.45, 7) is 5.60. The second kappa shape index (κ2) is 27.7. The number of carbonyl (C=O) groups excluding carboxylic acids is 8. The third-order valence-corrected chi connectivity index (χ3v) is 19.9. The number of amides is 7. The molecule has 0 bridgehead atoms. The predicted octanol–water partition coefficient (Wildman–Crippen LogP) is 8.78. The van der Waals surface area contributed by atoms with Gasteiger partial charge in [0.05, 0.1) is 18.1 Å². The Balaban J connectivity index is 0.848. The molecule has 10 rings (SSSR count). The van der Waals surface area contributed by atoms with E-state index in [-0.39, 0.29) is 73.6 Å². The van der Waals surface area contributed by atoms with Crippen LogP contribution in [-0.2, 0) is 41.6 Å². The molecule has 4 aliphatic carbocycles. The summed E-state index contributed by atoms with van der Waals surface area (Å²) in [6.07, 6.45) is 14.1. The van der Waals surface area contributed by atoms with Crippen molar-refractivity contribution in [2.75, 3.05) is 20.1 Å². The first-order valence-electron chi connectivity index (χ1n) is 31.9. The number of ketones is 1. The van der Waals surface area contributed by atoms with Gasteiger partial charge in [-0.3, -0.25) is 38.4 Å². The monoisotopic (exact) mass is 1180 g/mol. The molecule has 2 saturated carbocycles. The summed E-state index contributed by atoms with van der Waals surface area (Å²) >= 11 is 0. The summed E-state index contributed by atoms with van der Waals surface area (Å²) < 4.78 is 29.2. The summed E-state index contributed by atoms with van der Waals surface area (Å²) in [5.41, 5.74) is 3.99. The number of hydrogen-bond donors (Lipinski definition) is 6. The van der Waals surface area contributed by atoms with Gasteiger partial charge in [0.25, 0.3) is 11.8 Å². The van der Waals surface area contributed by atoms with Crippen LogP contribution in [0.4, 0.5) is 8.78 Å². The van der Waals surface area contributed by atoms with Crippen LogP contribution in [0.3, 0.4) is 0 Å². The summed E-state index contributed by atoms with van der Waals surface area (Å²) in [4.78, 5) is 118. The third-order valence-electron chi connectivity index (χ3n) is 19.9. The van der Waals surface area contributed by atoms with E-state index in [0.29, 0.717) is 46.7 Å². The van der Waals surface area contributed by atoms with Crippen LogP contribution in [0.15, 0.2) is 72.8 Å². The van der Waals surface area contributed by atoms with Crippen molar-refractivity contribution in [3.63, 3.8) is 0 Å². The van der Waals surface area contributed by atoms with Crippen molar-refractivity contribution in [3.05, 3.63) is 118 Å². The molecule has 18 heteroatoms. The molecule has 460 valence electrons. The molecule has 10 atom stereocenters. The molecule has 2 saturated heterocycles. The average Bonchev–Trinajstić information content (AvgIpc) is 2.05. The Labute approximate surface area is 503 Å². The van der Waals surface area contributed by atoms with Gasteiger partial charge >= 0.3 is 0 Å². The summed E-state index contributed by atoms with van der Waals surface area (Å²) in [7, 11) is 1.71. The minimum Gasteiger partial charge on any atom is -0.347 e. The zero-order valence-corrected chi connectivity index (χ0v) is 50.3. The number of halogens is 2. The fourth-order valence-corrected chi connectivity index (χ4v) is 14.6. The van der Waals surface area contributed by atoms with Gasteiger partial charge in [-0.1, -0.05) is 76.6 Å². The Morgan fingerprint density at radius 1 is 0.558 bits per heavy atom. The molecule has 86 heavy (non-hydrogen) atoms. The molecular formula is C68H86F2N8O8. The van der Waals surface area contributed by atoms with E-state index in [9.17, 15) is 42.3 Å². The van der Waals surface area contributed by atoms with Gasteiger partial charge in [0, 0.05) is 54.6 Å². The van der Waals surface area contributed by atoms with Crippen molar-refractivity contribution >= 4 is 57.9 Å². The minimum absolute atomic E-state index is 0.0261. The second-order valence-electron chi connectivity index (χ2n) is 25.6. The van der Waals surface area contributed by atoms with Crippen LogP contribution in [0.1, 0.15) is 191 Å². The van der Waals surface area contributed by atoms with E-state index in [1.807, 2.05) is 13.8 Å². The highest BCUT2D eigenvalue weighted by atomic mass is 19.1. The molecule has 0 unspecified atom stereocenters. The lowest BCUT2D eigenvalue weighted by Gasteiger charge is -2.35. The first-order valence-corrected chi connectivity index (χ1v) is 31.9. The highest BCUT2D eigenvalue weighted by molar-refractivity contribution is 6.03. The lowest BCUT2D eigenvalue weighted by molar-refractivity contribution is -0.145. The van der Waals surface area contributed by atoms with Gasteiger partial charge < -0.3 is 41.7 Å². The number of rotatable bonds is 19.